The van der Waals surface area contributed by atoms with Crippen molar-refractivity contribution in [1.82, 2.24) is 0 Å². The first-order chi connectivity index (χ1) is 12.3. The van der Waals surface area contributed by atoms with Crippen molar-refractivity contribution in [2.75, 3.05) is 13.7 Å². The number of cyclic esters (lactones) is 1. The molecule has 0 saturated heterocycles. The Bertz CT molecular complexity index is 736. The summed E-state index contributed by atoms with van der Waals surface area (Å²) in [6.45, 7) is 1.70. The molecule has 1 aromatic rings. The van der Waals surface area contributed by atoms with E-state index in [0.29, 0.717) is 11.3 Å². The van der Waals surface area contributed by atoms with Gasteiger partial charge in [0.05, 0.1) is 19.8 Å². The zero-order valence-electron chi connectivity index (χ0n) is 14.6. The highest BCUT2D eigenvalue weighted by Crippen LogP contribution is 2.30. The molecule has 0 aromatic heterocycles. The van der Waals surface area contributed by atoms with Crippen LogP contribution in [0.2, 0.25) is 0 Å². The summed E-state index contributed by atoms with van der Waals surface area (Å²) in [5.41, 5.74) is 0.307. The van der Waals surface area contributed by atoms with Crippen LogP contribution in [0.3, 0.4) is 0 Å². The number of hydrogen-bond acceptors (Lipinski definition) is 7. The van der Waals surface area contributed by atoms with Crippen LogP contribution in [0.5, 0.6) is 11.5 Å². The van der Waals surface area contributed by atoms with Gasteiger partial charge >= 0.3 is 5.97 Å². The molecule has 3 N–H and O–H groups in total. The fraction of sp³-hybridized carbons (Fsp3) is 0.368. The number of rotatable bonds is 1. The highest BCUT2D eigenvalue weighted by molar-refractivity contribution is 5.97. The van der Waals surface area contributed by atoms with E-state index in [4.69, 9.17) is 9.47 Å². The largest absolute Gasteiger partial charge is 0.507 e. The van der Waals surface area contributed by atoms with Gasteiger partial charge in [0.1, 0.15) is 23.2 Å². The molecule has 0 amide bonds. The Balaban J connectivity index is 2.44. The third-order valence-electron chi connectivity index (χ3n) is 3.96. The molecule has 0 saturated carbocycles. The van der Waals surface area contributed by atoms with Gasteiger partial charge in [0.2, 0.25) is 0 Å². The number of carbonyl (C=O) groups excluding carboxylic acids is 2. The first kappa shape index (κ1) is 19.7. The minimum absolute atomic E-state index is 0.0180. The van der Waals surface area contributed by atoms with Crippen LogP contribution in [0, 0.1) is 5.92 Å². The van der Waals surface area contributed by atoms with E-state index < -0.39 is 24.0 Å². The van der Waals surface area contributed by atoms with Gasteiger partial charge in [0.15, 0.2) is 5.78 Å². The van der Waals surface area contributed by atoms with E-state index in [0.717, 1.165) is 6.08 Å². The van der Waals surface area contributed by atoms with Gasteiger partial charge in [-0.15, -0.1) is 0 Å². The standard InChI is InChI=1S/C19H22O7/c1-11-6-7-15(21)18(23)14(20)5-3-4-12-8-13(25-2)9-16(22)17(12)19(24)26-10-11/h3-4,6-9,11,14,18,20,22-23H,5,10H2,1-2H3/b4-3+,7-6-/t11-,14?,18?/m1/s1. The average Bonchev–Trinajstić information content (AvgIpc) is 2.62. The Kier molecular flexibility index (Phi) is 6.54. The molecule has 1 aliphatic heterocycles. The van der Waals surface area contributed by atoms with Crippen molar-refractivity contribution in [3.63, 3.8) is 0 Å². The van der Waals surface area contributed by atoms with Crippen LogP contribution in [0.15, 0.2) is 30.4 Å². The molecule has 0 radical (unpaired) electrons. The minimum atomic E-state index is -1.55. The molecule has 1 aliphatic rings. The topological polar surface area (TPSA) is 113 Å². The molecule has 0 bridgehead atoms. The summed E-state index contributed by atoms with van der Waals surface area (Å²) in [5.74, 6) is -1.59. The lowest BCUT2D eigenvalue weighted by molar-refractivity contribution is -0.127. The first-order valence-electron chi connectivity index (χ1n) is 8.16. The summed E-state index contributed by atoms with van der Waals surface area (Å²) in [6.07, 6.45) is 2.76. The van der Waals surface area contributed by atoms with E-state index in [1.165, 1.54) is 37.5 Å². The number of aromatic hydroxyl groups is 1. The quantitative estimate of drug-likeness (QED) is 0.648. The molecule has 2 unspecified atom stereocenters. The molecule has 7 nitrogen and oxygen atoms in total. The first-order valence-corrected chi connectivity index (χ1v) is 8.16. The van der Waals surface area contributed by atoms with Crippen molar-refractivity contribution in [2.24, 2.45) is 5.92 Å². The summed E-state index contributed by atoms with van der Waals surface area (Å²) in [7, 11) is 1.42. The van der Waals surface area contributed by atoms with Crippen LogP contribution in [-0.4, -0.2) is 53.0 Å². The minimum Gasteiger partial charge on any atom is -0.507 e. The number of aliphatic hydroxyl groups is 2. The number of phenols is 1. The van der Waals surface area contributed by atoms with Gasteiger partial charge in [-0.2, -0.15) is 0 Å². The SMILES string of the molecule is COc1cc(O)c2c(c1)/C=C/CC(O)C(O)C(=O)/C=C\[C@@H](C)COC2=O. The predicted octanol–water partition coefficient (Wildman–Crippen LogP) is 1.46. The van der Waals surface area contributed by atoms with Gasteiger partial charge in [0, 0.05) is 12.0 Å². The molecular weight excluding hydrogens is 340 g/mol. The highest BCUT2D eigenvalue weighted by atomic mass is 16.5. The maximum absolute atomic E-state index is 12.4. The van der Waals surface area contributed by atoms with Crippen LogP contribution in [0.1, 0.15) is 29.3 Å². The molecule has 7 heteroatoms. The molecule has 1 aromatic carbocycles. The Morgan fingerprint density at radius 2 is 1.92 bits per heavy atom. The van der Waals surface area contributed by atoms with E-state index in [9.17, 15) is 24.9 Å². The molecular formula is C19H22O7. The van der Waals surface area contributed by atoms with Gasteiger partial charge in [-0.05, 0) is 24.1 Å². The second-order valence-corrected chi connectivity index (χ2v) is 6.10. The number of aliphatic hydroxyl groups excluding tert-OH is 2. The third kappa shape index (κ3) is 4.71. The van der Waals surface area contributed by atoms with Crippen LogP contribution in [0.25, 0.3) is 6.08 Å². The number of fused-ring (bicyclic) bond motifs is 1. The van der Waals surface area contributed by atoms with Crippen molar-refractivity contribution >= 4 is 17.8 Å². The number of hydrogen-bond donors (Lipinski definition) is 3. The van der Waals surface area contributed by atoms with Crippen molar-refractivity contribution < 1.29 is 34.4 Å². The molecule has 0 spiro atoms. The molecule has 140 valence electrons. The van der Waals surface area contributed by atoms with Crippen molar-refractivity contribution in [3.8, 4) is 11.5 Å². The van der Waals surface area contributed by atoms with E-state index in [2.05, 4.69) is 0 Å². The third-order valence-corrected chi connectivity index (χ3v) is 3.96. The fourth-order valence-corrected chi connectivity index (χ4v) is 2.44. The molecule has 26 heavy (non-hydrogen) atoms. The maximum atomic E-state index is 12.4. The number of phenolic OH excluding ortho intramolecular Hbond substituents is 1. The zero-order chi connectivity index (χ0) is 19.3. The molecule has 0 aliphatic carbocycles. The smallest absolute Gasteiger partial charge is 0.342 e. The van der Waals surface area contributed by atoms with Crippen molar-refractivity contribution in [2.45, 2.75) is 25.6 Å². The maximum Gasteiger partial charge on any atom is 0.342 e. The number of esters is 1. The van der Waals surface area contributed by atoms with Gasteiger partial charge in [0.25, 0.3) is 0 Å². The summed E-state index contributed by atoms with van der Waals surface area (Å²) < 4.78 is 10.3. The lowest BCUT2D eigenvalue weighted by Gasteiger charge is -2.16. The number of ketones is 1. The highest BCUT2D eigenvalue weighted by Gasteiger charge is 2.23. The molecule has 3 atom stereocenters. The zero-order valence-corrected chi connectivity index (χ0v) is 14.6. The van der Waals surface area contributed by atoms with E-state index in [-0.39, 0.29) is 30.3 Å². The van der Waals surface area contributed by atoms with Crippen LogP contribution in [0.4, 0.5) is 0 Å². The summed E-state index contributed by atoms with van der Waals surface area (Å²) in [6, 6.07) is 2.84. The number of benzene rings is 1. The van der Waals surface area contributed by atoms with Crippen LogP contribution in [-0.2, 0) is 9.53 Å². The number of methoxy groups -OCH3 is 1. The second-order valence-electron chi connectivity index (χ2n) is 6.10. The Morgan fingerprint density at radius 3 is 2.62 bits per heavy atom. The van der Waals surface area contributed by atoms with Crippen molar-refractivity contribution in [1.29, 1.82) is 0 Å². The van der Waals surface area contributed by atoms with Crippen LogP contribution < -0.4 is 4.74 Å². The fourth-order valence-electron chi connectivity index (χ4n) is 2.44. The van der Waals surface area contributed by atoms with Gasteiger partial charge < -0.3 is 24.8 Å². The van der Waals surface area contributed by atoms with Gasteiger partial charge in [-0.1, -0.05) is 25.2 Å². The Hall–Kier alpha value is -2.64. The second kappa shape index (κ2) is 8.64. The Morgan fingerprint density at radius 1 is 1.19 bits per heavy atom. The summed E-state index contributed by atoms with van der Waals surface area (Å²) >= 11 is 0. The monoisotopic (exact) mass is 362 g/mol. The average molecular weight is 362 g/mol. The van der Waals surface area contributed by atoms with Gasteiger partial charge in [-0.3, -0.25) is 4.79 Å². The summed E-state index contributed by atoms with van der Waals surface area (Å²) in [5, 5.41) is 30.0. The lowest BCUT2D eigenvalue weighted by Crippen LogP contribution is -2.32. The molecule has 0 fully saturated rings. The number of carbonyl (C=O) groups is 2. The molecule has 1 heterocycles. The van der Waals surface area contributed by atoms with E-state index in [1.807, 2.05) is 0 Å². The molecule has 2 rings (SSSR count). The Labute approximate surface area is 151 Å². The normalized spacial score (nSPS) is 27.0. The van der Waals surface area contributed by atoms with Gasteiger partial charge in [-0.25, -0.2) is 4.79 Å². The lowest BCUT2D eigenvalue weighted by atomic mass is 10.0. The van der Waals surface area contributed by atoms with E-state index in [1.54, 1.807) is 6.92 Å². The van der Waals surface area contributed by atoms with Crippen molar-refractivity contribution in [3.05, 3.63) is 41.5 Å². The van der Waals surface area contributed by atoms with Crippen LogP contribution >= 0.6 is 0 Å². The van der Waals surface area contributed by atoms with E-state index >= 15 is 0 Å². The number of ether oxygens (including phenoxy) is 2. The summed E-state index contributed by atoms with van der Waals surface area (Å²) in [4.78, 5) is 24.2. The predicted molar refractivity (Wildman–Crippen MR) is 93.9 cm³/mol.